The standard InChI is InChI=1S/C16H21N3.ClH/c1-12-3-5-15-9-14(4-6-16(15)18-12)11-19-8-7-17-10-13(19)2;/h3-6,9,13,17H,7-8,10-11H2,1-2H3;1H/t13-;/m0./s1. The van der Waals surface area contributed by atoms with Crippen LogP contribution in [-0.4, -0.2) is 35.6 Å². The Hall–Kier alpha value is -1.16. The minimum Gasteiger partial charge on any atom is -0.314 e. The van der Waals surface area contributed by atoms with Gasteiger partial charge in [-0.1, -0.05) is 12.1 Å². The number of benzene rings is 1. The van der Waals surface area contributed by atoms with E-state index in [0.717, 1.165) is 37.4 Å². The molecule has 108 valence electrons. The number of hydrogen-bond donors (Lipinski definition) is 1. The lowest BCUT2D eigenvalue weighted by molar-refractivity contribution is 0.165. The molecule has 0 aliphatic carbocycles. The second-order valence-corrected chi connectivity index (χ2v) is 5.50. The van der Waals surface area contributed by atoms with E-state index in [0.29, 0.717) is 6.04 Å². The molecule has 0 bridgehead atoms. The zero-order valence-electron chi connectivity index (χ0n) is 12.1. The number of nitrogens with one attached hydrogen (secondary N) is 1. The van der Waals surface area contributed by atoms with Crippen molar-refractivity contribution in [1.29, 1.82) is 0 Å². The second-order valence-electron chi connectivity index (χ2n) is 5.50. The smallest absolute Gasteiger partial charge is 0.0705 e. The summed E-state index contributed by atoms with van der Waals surface area (Å²) < 4.78 is 0. The third-order valence-corrected chi connectivity index (χ3v) is 3.92. The van der Waals surface area contributed by atoms with Crippen molar-refractivity contribution in [2.24, 2.45) is 0 Å². The SMILES string of the molecule is Cc1ccc2cc(CN3CCNC[C@@H]3C)ccc2n1.Cl. The summed E-state index contributed by atoms with van der Waals surface area (Å²) in [4.78, 5) is 7.10. The van der Waals surface area contributed by atoms with E-state index < -0.39 is 0 Å². The molecule has 3 rings (SSSR count). The lowest BCUT2D eigenvalue weighted by Crippen LogP contribution is -2.49. The van der Waals surface area contributed by atoms with Crippen LogP contribution in [0.3, 0.4) is 0 Å². The van der Waals surface area contributed by atoms with Gasteiger partial charge >= 0.3 is 0 Å². The van der Waals surface area contributed by atoms with Gasteiger partial charge in [-0.2, -0.15) is 0 Å². The van der Waals surface area contributed by atoms with Gasteiger partial charge < -0.3 is 5.32 Å². The monoisotopic (exact) mass is 291 g/mol. The lowest BCUT2D eigenvalue weighted by Gasteiger charge is -2.33. The highest BCUT2D eigenvalue weighted by Gasteiger charge is 2.17. The molecule has 2 heterocycles. The highest BCUT2D eigenvalue weighted by atomic mass is 35.5. The average molecular weight is 292 g/mol. The van der Waals surface area contributed by atoms with Crippen molar-refractivity contribution >= 4 is 23.3 Å². The quantitative estimate of drug-likeness (QED) is 0.922. The molecule has 1 aromatic heterocycles. The van der Waals surface area contributed by atoms with E-state index in [1.54, 1.807) is 0 Å². The topological polar surface area (TPSA) is 28.2 Å². The van der Waals surface area contributed by atoms with Gasteiger partial charge in [0.2, 0.25) is 0 Å². The predicted molar refractivity (Wildman–Crippen MR) is 86.5 cm³/mol. The average Bonchev–Trinajstić information content (AvgIpc) is 2.41. The Kier molecular flexibility index (Phi) is 4.97. The third-order valence-electron chi connectivity index (χ3n) is 3.92. The van der Waals surface area contributed by atoms with E-state index in [9.17, 15) is 0 Å². The summed E-state index contributed by atoms with van der Waals surface area (Å²) in [5, 5.41) is 4.68. The number of aromatic nitrogens is 1. The minimum absolute atomic E-state index is 0. The van der Waals surface area contributed by atoms with E-state index in [1.807, 2.05) is 6.92 Å². The Morgan fingerprint density at radius 1 is 1.30 bits per heavy atom. The Morgan fingerprint density at radius 3 is 2.95 bits per heavy atom. The molecule has 1 N–H and O–H groups in total. The molecule has 0 amide bonds. The maximum Gasteiger partial charge on any atom is 0.0705 e. The molecule has 1 aliphatic rings. The van der Waals surface area contributed by atoms with Crippen LogP contribution >= 0.6 is 12.4 Å². The molecule has 3 nitrogen and oxygen atoms in total. The fraction of sp³-hybridized carbons (Fsp3) is 0.438. The number of rotatable bonds is 2. The molecule has 1 aliphatic heterocycles. The molecule has 0 unspecified atom stereocenters. The van der Waals surface area contributed by atoms with Crippen molar-refractivity contribution in [1.82, 2.24) is 15.2 Å². The van der Waals surface area contributed by atoms with Gasteiger partial charge in [-0.25, -0.2) is 0 Å². The molecule has 2 aromatic rings. The van der Waals surface area contributed by atoms with Crippen molar-refractivity contribution in [3.8, 4) is 0 Å². The maximum atomic E-state index is 4.55. The van der Waals surface area contributed by atoms with Gasteiger partial charge in [-0.15, -0.1) is 12.4 Å². The summed E-state index contributed by atoms with van der Waals surface area (Å²) in [5.74, 6) is 0. The number of nitrogens with zero attached hydrogens (tertiary/aromatic N) is 2. The lowest BCUT2D eigenvalue weighted by atomic mass is 10.1. The van der Waals surface area contributed by atoms with E-state index in [1.165, 1.54) is 10.9 Å². The predicted octanol–water partition coefficient (Wildman–Crippen LogP) is 2.76. The number of hydrogen-bond acceptors (Lipinski definition) is 3. The molecule has 0 spiro atoms. The largest absolute Gasteiger partial charge is 0.314 e. The van der Waals surface area contributed by atoms with Crippen molar-refractivity contribution < 1.29 is 0 Å². The fourth-order valence-corrected chi connectivity index (χ4v) is 2.73. The van der Waals surface area contributed by atoms with Crippen molar-refractivity contribution in [2.45, 2.75) is 26.4 Å². The summed E-state index contributed by atoms with van der Waals surface area (Å²) in [5.41, 5.74) is 3.56. The van der Waals surface area contributed by atoms with Crippen LogP contribution in [0.5, 0.6) is 0 Å². The first-order valence-electron chi connectivity index (χ1n) is 7.03. The van der Waals surface area contributed by atoms with E-state index in [4.69, 9.17) is 0 Å². The summed E-state index contributed by atoms with van der Waals surface area (Å²) in [6.07, 6.45) is 0. The molecule has 0 radical (unpaired) electrons. The number of piperazine rings is 1. The highest BCUT2D eigenvalue weighted by molar-refractivity contribution is 5.85. The van der Waals surface area contributed by atoms with Gasteiger partial charge in [0.15, 0.2) is 0 Å². The third kappa shape index (κ3) is 3.29. The van der Waals surface area contributed by atoms with Gasteiger partial charge in [-0.3, -0.25) is 9.88 Å². The van der Waals surface area contributed by atoms with Gasteiger partial charge in [0.05, 0.1) is 5.52 Å². The molecule has 20 heavy (non-hydrogen) atoms. The van der Waals surface area contributed by atoms with Gasteiger partial charge in [0, 0.05) is 43.3 Å². The Morgan fingerprint density at radius 2 is 2.15 bits per heavy atom. The van der Waals surface area contributed by atoms with Crippen LogP contribution in [0.15, 0.2) is 30.3 Å². The number of fused-ring (bicyclic) bond motifs is 1. The van der Waals surface area contributed by atoms with Gasteiger partial charge in [0.25, 0.3) is 0 Å². The zero-order chi connectivity index (χ0) is 13.2. The van der Waals surface area contributed by atoms with Crippen LogP contribution in [-0.2, 0) is 6.54 Å². The van der Waals surface area contributed by atoms with E-state index in [2.05, 4.69) is 52.5 Å². The fourth-order valence-electron chi connectivity index (χ4n) is 2.73. The number of halogens is 1. The first-order chi connectivity index (χ1) is 9.22. The molecule has 1 atom stereocenters. The first-order valence-corrected chi connectivity index (χ1v) is 7.03. The number of pyridine rings is 1. The molecular weight excluding hydrogens is 270 g/mol. The maximum absolute atomic E-state index is 4.55. The van der Waals surface area contributed by atoms with E-state index >= 15 is 0 Å². The highest BCUT2D eigenvalue weighted by Crippen LogP contribution is 2.17. The Balaban J connectivity index is 0.00000147. The Labute approximate surface area is 126 Å². The van der Waals surface area contributed by atoms with Crippen LogP contribution in [0.2, 0.25) is 0 Å². The summed E-state index contributed by atoms with van der Waals surface area (Å²) in [6, 6.07) is 11.5. The van der Waals surface area contributed by atoms with Crippen molar-refractivity contribution in [3.63, 3.8) is 0 Å². The molecular formula is C16H22ClN3. The summed E-state index contributed by atoms with van der Waals surface area (Å²) >= 11 is 0. The second kappa shape index (κ2) is 6.53. The van der Waals surface area contributed by atoms with Crippen LogP contribution in [0.1, 0.15) is 18.2 Å². The minimum atomic E-state index is 0. The first kappa shape index (κ1) is 15.2. The molecule has 4 heteroatoms. The Bertz CT molecular complexity index is 585. The van der Waals surface area contributed by atoms with Crippen molar-refractivity contribution in [3.05, 3.63) is 41.6 Å². The van der Waals surface area contributed by atoms with Gasteiger partial charge in [0.1, 0.15) is 0 Å². The molecule has 1 aromatic carbocycles. The van der Waals surface area contributed by atoms with Crippen LogP contribution < -0.4 is 5.32 Å². The van der Waals surface area contributed by atoms with Gasteiger partial charge in [-0.05, 0) is 37.6 Å². The van der Waals surface area contributed by atoms with E-state index in [-0.39, 0.29) is 12.4 Å². The van der Waals surface area contributed by atoms with Crippen molar-refractivity contribution in [2.75, 3.05) is 19.6 Å². The summed E-state index contributed by atoms with van der Waals surface area (Å²) in [7, 11) is 0. The molecule has 1 saturated heterocycles. The normalized spacial score (nSPS) is 19.8. The number of aryl methyl sites for hydroxylation is 1. The van der Waals surface area contributed by atoms with Crippen LogP contribution in [0.25, 0.3) is 10.9 Å². The molecule has 1 fully saturated rings. The molecule has 0 saturated carbocycles. The van der Waals surface area contributed by atoms with Crippen LogP contribution in [0.4, 0.5) is 0 Å². The zero-order valence-corrected chi connectivity index (χ0v) is 12.9. The van der Waals surface area contributed by atoms with Crippen LogP contribution in [0, 0.1) is 6.92 Å². The summed E-state index contributed by atoms with van der Waals surface area (Å²) in [6.45, 7) is 8.68.